The van der Waals surface area contributed by atoms with E-state index in [1.54, 1.807) is 0 Å². The van der Waals surface area contributed by atoms with Gasteiger partial charge in [0.05, 0.1) is 18.1 Å². The second-order valence-electron chi connectivity index (χ2n) is 3.27. The van der Waals surface area contributed by atoms with E-state index >= 15 is 0 Å². The fourth-order valence-corrected chi connectivity index (χ4v) is 1.31. The van der Waals surface area contributed by atoms with Crippen molar-refractivity contribution in [2.75, 3.05) is 12.3 Å². The molecule has 1 aliphatic heterocycles. The van der Waals surface area contributed by atoms with Gasteiger partial charge in [-0.15, -0.1) is 0 Å². The third-order valence-electron chi connectivity index (χ3n) is 2.16. The molecule has 0 unspecified atom stereocenters. The van der Waals surface area contributed by atoms with E-state index in [9.17, 15) is 19.7 Å². The van der Waals surface area contributed by atoms with Gasteiger partial charge in [0.1, 0.15) is 5.69 Å². The lowest BCUT2D eigenvalue weighted by molar-refractivity contribution is -0.384. The second kappa shape index (κ2) is 4.78. The molecule has 0 aliphatic carbocycles. The normalized spacial score (nSPS) is 14.7. The summed E-state index contributed by atoms with van der Waals surface area (Å²) in [4.78, 5) is 40.7. The summed E-state index contributed by atoms with van der Waals surface area (Å²) in [5.74, 6) is -2.40. The molecule has 1 N–H and O–H groups in total. The van der Waals surface area contributed by atoms with Gasteiger partial charge in [-0.3, -0.25) is 10.1 Å². The number of rotatable bonds is 3. The molecule has 0 aromatic heterocycles. The molecule has 1 heterocycles. The van der Waals surface area contributed by atoms with Crippen molar-refractivity contribution in [1.82, 2.24) is 5.59 Å². The Balaban J connectivity index is 2.32. The topological polar surface area (TPSA) is 120 Å². The first-order valence-corrected chi connectivity index (χ1v) is 4.84. The molecule has 0 radical (unpaired) electrons. The first-order chi connectivity index (χ1) is 9.02. The number of hydrogen-bond donors (Lipinski definition) is 1. The molecule has 19 heavy (non-hydrogen) atoms. The number of nitrogens with zero attached hydrogens (tertiary/aromatic N) is 2. The molecule has 1 aromatic carbocycles. The largest absolute Gasteiger partial charge is 0.494 e. The predicted octanol–water partition coefficient (Wildman–Crippen LogP) is -0.156. The molecule has 10 heteroatoms. The molecule has 0 spiro atoms. The molecule has 1 fully saturated rings. The molecule has 1 saturated heterocycles. The zero-order valence-electron chi connectivity index (χ0n) is 9.48. The van der Waals surface area contributed by atoms with Gasteiger partial charge in [-0.1, -0.05) is 5.17 Å². The van der Waals surface area contributed by atoms with Crippen molar-refractivity contribution in [1.29, 1.82) is 0 Å². The summed E-state index contributed by atoms with van der Waals surface area (Å²) in [6, 6.07) is 3.56. The lowest BCUT2D eigenvalue weighted by atomic mass is 10.2. The molecule has 10 nitrogen and oxygen atoms in total. The summed E-state index contributed by atoms with van der Waals surface area (Å²) in [5, 5.41) is 11.3. The van der Waals surface area contributed by atoms with Crippen LogP contribution in [-0.2, 0) is 19.3 Å². The first kappa shape index (κ1) is 12.6. The number of ether oxygens (including phenoxy) is 1. The molecule has 0 saturated carbocycles. The molecule has 100 valence electrons. The maximum Gasteiger partial charge on any atom is 0.444 e. The lowest BCUT2D eigenvalue weighted by Crippen LogP contribution is -2.49. The van der Waals surface area contributed by atoms with Gasteiger partial charge in [0.15, 0.2) is 5.75 Å². The van der Waals surface area contributed by atoms with Crippen LogP contribution in [0.4, 0.5) is 11.4 Å². The van der Waals surface area contributed by atoms with Crippen molar-refractivity contribution in [2.24, 2.45) is 0 Å². The SMILES string of the molecule is COc1cc([N+](=O)[O-])ccc1N1NOC(=O)C(=O)O1. The van der Waals surface area contributed by atoms with Crippen molar-refractivity contribution in [3.63, 3.8) is 0 Å². The van der Waals surface area contributed by atoms with E-state index in [1.807, 2.05) is 5.59 Å². The van der Waals surface area contributed by atoms with Crippen LogP contribution in [0.2, 0.25) is 0 Å². The number of hydrazine groups is 1. The van der Waals surface area contributed by atoms with Crippen LogP contribution in [-0.4, -0.2) is 24.0 Å². The van der Waals surface area contributed by atoms with Crippen LogP contribution in [0.15, 0.2) is 18.2 Å². The van der Waals surface area contributed by atoms with Gasteiger partial charge in [0.2, 0.25) is 0 Å². The Hall–Kier alpha value is -2.88. The molecule has 0 atom stereocenters. The monoisotopic (exact) mass is 269 g/mol. The fourth-order valence-electron chi connectivity index (χ4n) is 1.31. The van der Waals surface area contributed by atoms with Crippen LogP contribution in [0.25, 0.3) is 0 Å². The Morgan fingerprint density at radius 2 is 2.11 bits per heavy atom. The number of methoxy groups -OCH3 is 1. The van der Waals surface area contributed by atoms with Crippen molar-refractivity contribution < 1.29 is 28.9 Å². The minimum Gasteiger partial charge on any atom is -0.494 e. The summed E-state index contributed by atoms with van der Waals surface area (Å²) >= 11 is 0. The maximum absolute atomic E-state index is 11.0. The van der Waals surface area contributed by atoms with Crippen molar-refractivity contribution in [3.8, 4) is 5.75 Å². The number of nitro benzene ring substituents is 1. The highest BCUT2D eigenvalue weighted by atomic mass is 16.9. The Kier molecular flexibility index (Phi) is 3.16. The zero-order valence-corrected chi connectivity index (χ0v) is 9.48. The van der Waals surface area contributed by atoms with Crippen LogP contribution in [0, 0.1) is 10.1 Å². The van der Waals surface area contributed by atoms with Crippen LogP contribution < -0.4 is 15.5 Å². The quantitative estimate of drug-likeness (QED) is 0.453. The predicted molar refractivity (Wildman–Crippen MR) is 57.4 cm³/mol. The highest BCUT2D eigenvalue weighted by Crippen LogP contribution is 2.32. The number of nitrogens with one attached hydrogen (secondary N) is 1. The molecule has 0 amide bonds. The van der Waals surface area contributed by atoms with E-state index in [-0.39, 0.29) is 17.1 Å². The fraction of sp³-hybridized carbons (Fsp3) is 0.111. The number of carbonyl (C=O) groups is 2. The summed E-state index contributed by atoms with van der Waals surface area (Å²) in [6.45, 7) is 0. The molecule has 0 bridgehead atoms. The van der Waals surface area contributed by atoms with E-state index in [0.717, 1.165) is 6.07 Å². The van der Waals surface area contributed by atoms with E-state index in [0.29, 0.717) is 5.17 Å². The third-order valence-corrected chi connectivity index (χ3v) is 2.16. The summed E-state index contributed by atoms with van der Waals surface area (Å²) in [6.07, 6.45) is 0. The van der Waals surface area contributed by atoms with Crippen molar-refractivity contribution >= 4 is 23.3 Å². The smallest absolute Gasteiger partial charge is 0.444 e. The van der Waals surface area contributed by atoms with E-state index in [4.69, 9.17) is 4.74 Å². The lowest BCUT2D eigenvalue weighted by Gasteiger charge is -2.26. The average molecular weight is 269 g/mol. The highest BCUT2D eigenvalue weighted by Gasteiger charge is 2.31. The van der Waals surface area contributed by atoms with Gasteiger partial charge >= 0.3 is 11.9 Å². The van der Waals surface area contributed by atoms with Crippen LogP contribution in [0.1, 0.15) is 0 Å². The first-order valence-electron chi connectivity index (χ1n) is 4.84. The van der Waals surface area contributed by atoms with Crippen molar-refractivity contribution in [3.05, 3.63) is 28.3 Å². The summed E-state index contributed by atoms with van der Waals surface area (Å²) in [5.41, 5.74) is 1.94. The highest BCUT2D eigenvalue weighted by molar-refractivity contribution is 6.30. The minimum atomic E-state index is -1.24. The number of anilines is 1. The standard InChI is InChI=1S/C9H7N3O7/c1-17-7-4-5(12(15)16)2-3-6(7)11-10-18-8(13)9(14)19-11/h2-4,10H,1H3. The second-order valence-corrected chi connectivity index (χ2v) is 3.27. The summed E-state index contributed by atoms with van der Waals surface area (Å²) in [7, 11) is 1.28. The van der Waals surface area contributed by atoms with Crippen molar-refractivity contribution in [2.45, 2.75) is 0 Å². The van der Waals surface area contributed by atoms with Crippen LogP contribution >= 0.6 is 0 Å². The van der Waals surface area contributed by atoms with Crippen LogP contribution in [0.5, 0.6) is 5.75 Å². The van der Waals surface area contributed by atoms with Gasteiger partial charge < -0.3 is 14.4 Å². The molecule has 1 aromatic rings. The molecule has 1 aliphatic rings. The Morgan fingerprint density at radius 3 is 2.68 bits per heavy atom. The number of non-ortho nitro benzene ring substituents is 1. The van der Waals surface area contributed by atoms with E-state index in [2.05, 4.69) is 9.68 Å². The number of hydrogen-bond acceptors (Lipinski definition) is 9. The van der Waals surface area contributed by atoms with Gasteiger partial charge in [-0.2, -0.15) is 0 Å². The number of nitro groups is 1. The Labute approximate surface area is 105 Å². The van der Waals surface area contributed by atoms with Gasteiger partial charge in [0, 0.05) is 6.07 Å². The van der Waals surface area contributed by atoms with Gasteiger partial charge in [-0.25, -0.2) is 9.59 Å². The Bertz CT molecular complexity index is 559. The third kappa shape index (κ3) is 2.37. The molecule has 2 rings (SSSR count). The van der Waals surface area contributed by atoms with E-state index < -0.39 is 16.9 Å². The minimum absolute atomic E-state index is 0.0486. The Morgan fingerprint density at radius 1 is 1.37 bits per heavy atom. The maximum atomic E-state index is 11.0. The van der Waals surface area contributed by atoms with Gasteiger partial charge in [-0.05, 0) is 11.7 Å². The molecular weight excluding hydrogens is 262 g/mol. The molecular formula is C9H7N3O7. The van der Waals surface area contributed by atoms with Gasteiger partial charge in [0.25, 0.3) is 5.69 Å². The summed E-state index contributed by atoms with van der Waals surface area (Å²) < 4.78 is 4.93. The number of carbonyl (C=O) groups excluding carboxylic acids is 2. The zero-order chi connectivity index (χ0) is 14.0. The average Bonchev–Trinajstić information content (AvgIpc) is 2.41. The van der Waals surface area contributed by atoms with Crippen LogP contribution in [0.3, 0.4) is 0 Å². The van der Waals surface area contributed by atoms with E-state index in [1.165, 1.54) is 19.2 Å². The number of benzene rings is 1.